The summed E-state index contributed by atoms with van der Waals surface area (Å²) in [5.41, 5.74) is -1.39. The van der Waals surface area contributed by atoms with Crippen molar-refractivity contribution in [1.29, 1.82) is 0 Å². The molecule has 2 saturated carbocycles. The Kier molecular flexibility index (Phi) is 7.62. The standard InChI is InChI=1S/C33H40O10/c1-16-22(37)14-24(39-18(3)34)32(8)26(16)28(40-19(4)35)33-15-23(43-31(33,6)7)17(2)25(33)27(29(32)41-20(5)36)42-30(38)21-12-10-9-11-13-21/h9-13,22-24,26-29,37H,1,14-15H2,2-8H3/t22-,23+,24-,26-,27+,28-,29-,32+,33+/m0/s1. The quantitative estimate of drug-likeness (QED) is 0.303. The van der Waals surface area contributed by atoms with Crippen molar-refractivity contribution in [3.05, 3.63) is 59.2 Å². The molecule has 4 aliphatic rings. The molecule has 1 aliphatic heterocycles. The number of hydrogen-bond acceptors (Lipinski definition) is 10. The Labute approximate surface area is 251 Å². The summed E-state index contributed by atoms with van der Waals surface area (Å²) < 4.78 is 31.1. The lowest BCUT2D eigenvalue weighted by Gasteiger charge is -2.55. The molecule has 10 heteroatoms. The summed E-state index contributed by atoms with van der Waals surface area (Å²) in [6, 6.07) is 8.45. The van der Waals surface area contributed by atoms with Gasteiger partial charge in [0.05, 0.1) is 34.2 Å². The van der Waals surface area contributed by atoms with Crippen molar-refractivity contribution in [2.75, 3.05) is 0 Å². The lowest BCUT2D eigenvalue weighted by atomic mass is 9.54. The molecule has 1 spiro atoms. The van der Waals surface area contributed by atoms with Crippen molar-refractivity contribution < 1.29 is 48.0 Å². The Morgan fingerprint density at radius 3 is 2.07 bits per heavy atom. The van der Waals surface area contributed by atoms with Crippen LogP contribution in [0.2, 0.25) is 0 Å². The number of esters is 4. The number of benzene rings is 1. The van der Waals surface area contributed by atoms with E-state index >= 15 is 0 Å². The molecule has 43 heavy (non-hydrogen) atoms. The molecule has 3 aliphatic carbocycles. The first-order chi connectivity index (χ1) is 20.1. The highest BCUT2D eigenvalue weighted by molar-refractivity contribution is 5.89. The van der Waals surface area contributed by atoms with E-state index in [0.29, 0.717) is 17.6 Å². The topological polar surface area (TPSA) is 135 Å². The second-order valence-corrected chi connectivity index (χ2v) is 12.9. The van der Waals surface area contributed by atoms with E-state index in [2.05, 4.69) is 6.58 Å². The van der Waals surface area contributed by atoms with Gasteiger partial charge in [-0.25, -0.2) is 4.79 Å². The van der Waals surface area contributed by atoms with Gasteiger partial charge in [-0.3, -0.25) is 14.4 Å². The fraction of sp³-hybridized carbons (Fsp3) is 0.576. The van der Waals surface area contributed by atoms with E-state index in [1.54, 1.807) is 37.3 Å². The van der Waals surface area contributed by atoms with E-state index in [-0.39, 0.29) is 12.0 Å². The third kappa shape index (κ3) is 4.61. The lowest BCUT2D eigenvalue weighted by molar-refractivity contribution is -0.210. The summed E-state index contributed by atoms with van der Waals surface area (Å²) in [6.07, 6.45) is -5.64. The van der Waals surface area contributed by atoms with E-state index in [1.807, 2.05) is 20.8 Å². The zero-order valence-corrected chi connectivity index (χ0v) is 25.7. The first-order valence-corrected chi connectivity index (χ1v) is 14.6. The molecule has 1 aromatic rings. The highest BCUT2D eigenvalue weighted by Crippen LogP contribution is 2.70. The Bertz CT molecular complexity index is 1400. The smallest absolute Gasteiger partial charge is 0.338 e. The first-order valence-electron chi connectivity index (χ1n) is 14.6. The Balaban J connectivity index is 1.85. The maximum Gasteiger partial charge on any atom is 0.338 e. The monoisotopic (exact) mass is 596 g/mol. The minimum Gasteiger partial charge on any atom is -0.462 e. The fourth-order valence-electron chi connectivity index (χ4n) is 8.36. The minimum atomic E-state index is -1.38. The SMILES string of the molecule is C=C1[C@@H](O)C[C@H](OC(C)=O)[C@@]2(C)[C@@H](OC(C)=O)[C@H](OC(=O)c3ccccc3)C3=C(C)[C@H]4C[C@@]3([C@@H](OC(C)=O)[C@H]12)C(C)(C)O4. The largest absolute Gasteiger partial charge is 0.462 e. The maximum atomic E-state index is 13.8. The number of aliphatic hydroxyl groups excluding tert-OH is 1. The maximum absolute atomic E-state index is 13.8. The average Bonchev–Trinajstić information content (AvgIpc) is 3.34. The summed E-state index contributed by atoms with van der Waals surface area (Å²) in [5, 5.41) is 11.3. The fourth-order valence-corrected chi connectivity index (χ4v) is 8.36. The van der Waals surface area contributed by atoms with Gasteiger partial charge in [0.2, 0.25) is 0 Å². The summed E-state index contributed by atoms with van der Waals surface area (Å²) in [7, 11) is 0. The molecule has 9 atom stereocenters. The molecule has 3 fully saturated rings. The van der Waals surface area contributed by atoms with Crippen molar-refractivity contribution in [2.45, 2.75) is 104 Å². The molecule has 1 aromatic carbocycles. The summed E-state index contributed by atoms with van der Waals surface area (Å²) in [5.74, 6) is -3.40. The van der Waals surface area contributed by atoms with Crippen molar-refractivity contribution in [3.8, 4) is 0 Å². The number of fused-ring (bicyclic) bond motifs is 2. The summed E-state index contributed by atoms with van der Waals surface area (Å²) >= 11 is 0. The first kappa shape index (κ1) is 30.9. The van der Waals surface area contributed by atoms with E-state index in [0.717, 1.165) is 5.57 Å². The second-order valence-electron chi connectivity index (χ2n) is 12.9. The number of hydrogen-bond donors (Lipinski definition) is 1. The van der Waals surface area contributed by atoms with Gasteiger partial charge in [-0.15, -0.1) is 0 Å². The van der Waals surface area contributed by atoms with Gasteiger partial charge in [-0.1, -0.05) is 31.7 Å². The van der Waals surface area contributed by atoms with Gasteiger partial charge in [0.1, 0.15) is 12.2 Å². The molecule has 0 unspecified atom stereocenters. The Morgan fingerprint density at radius 2 is 1.49 bits per heavy atom. The van der Waals surface area contributed by atoms with Crippen molar-refractivity contribution >= 4 is 23.9 Å². The van der Waals surface area contributed by atoms with Crippen LogP contribution in [0.5, 0.6) is 0 Å². The molecule has 0 aromatic heterocycles. The van der Waals surface area contributed by atoms with Gasteiger partial charge < -0.3 is 28.8 Å². The predicted octanol–water partition coefficient (Wildman–Crippen LogP) is 3.85. The van der Waals surface area contributed by atoms with E-state index in [1.165, 1.54) is 20.8 Å². The zero-order chi connectivity index (χ0) is 31.6. The molecule has 1 saturated heterocycles. The van der Waals surface area contributed by atoms with Gasteiger partial charge in [0.25, 0.3) is 0 Å². The molecule has 5 rings (SSSR count). The minimum absolute atomic E-state index is 0.0527. The van der Waals surface area contributed by atoms with Crippen molar-refractivity contribution in [2.24, 2.45) is 16.7 Å². The van der Waals surface area contributed by atoms with Crippen LogP contribution in [0.1, 0.15) is 71.7 Å². The van der Waals surface area contributed by atoms with Gasteiger partial charge in [0, 0.05) is 33.1 Å². The molecule has 0 radical (unpaired) electrons. The van der Waals surface area contributed by atoms with Crippen LogP contribution in [0, 0.1) is 16.7 Å². The Morgan fingerprint density at radius 1 is 0.907 bits per heavy atom. The molecule has 1 N–H and O–H groups in total. The normalized spacial score (nSPS) is 37.5. The molecule has 10 nitrogen and oxygen atoms in total. The third-order valence-corrected chi connectivity index (χ3v) is 10.1. The van der Waals surface area contributed by atoms with Crippen LogP contribution in [-0.4, -0.2) is 71.2 Å². The number of carbonyl (C=O) groups excluding carboxylic acids is 4. The van der Waals surface area contributed by atoms with E-state index < -0.39 is 82.8 Å². The van der Waals surface area contributed by atoms with Gasteiger partial charge in [-0.2, -0.15) is 0 Å². The van der Waals surface area contributed by atoms with E-state index in [9.17, 15) is 24.3 Å². The predicted molar refractivity (Wildman–Crippen MR) is 152 cm³/mol. The average molecular weight is 597 g/mol. The molecule has 1 heterocycles. The molecule has 232 valence electrons. The van der Waals surface area contributed by atoms with Gasteiger partial charge in [-0.05, 0) is 56.0 Å². The molecule has 0 amide bonds. The lowest BCUT2D eigenvalue weighted by Crippen LogP contribution is -2.63. The molecular weight excluding hydrogens is 556 g/mol. The van der Waals surface area contributed by atoms with Gasteiger partial charge >= 0.3 is 23.9 Å². The second kappa shape index (κ2) is 10.6. The summed E-state index contributed by atoms with van der Waals surface area (Å²) in [6.45, 7) is 15.5. The highest BCUT2D eigenvalue weighted by atomic mass is 16.6. The van der Waals surface area contributed by atoms with Crippen LogP contribution in [-0.2, 0) is 38.1 Å². The van der Waals surface area contributed by atoms with Crippen LogP contribution in [0.3, 0.4) is 0 Å². The number of carbonyl (C=O) groups is 4. The zero-order valence-electron chi connectivity index (χ0n) is 25.7. The van der Waals surface area contributed by atoms with Crippen LogP contribution in [0.4, 0.5) is 0 Å². The van der Waals surface area contributed by atoms with Crippen LogP contribution in [0.15, 0.2) is 53.6 Å². The van der Waals surface area contributed by atoms with Crippen LogP contribution < -0.4 is 0 Å². The summed E-state index contributed by atoms with van der Waals surface area (Å²) in [4.78, 5) is 52.0. The molecular formula is C33H40O10. The van der Waals surface area contributed by atoms with E-state index in [4.69, 9.17) is 23.7 Å². The van der Waals surface area contributed by atoms with Crippen LogP contribution in [0.25, 0.3) is 0 Å². The molecule has 2 bridgehead atoms. The Hall–Kier alpha value is -3.50. The number of aliphatic hydroxyl groups is 1. The third-order valence-electron chi connectivity index (χ3n) is 10.1. The highest BCUT2D eigenvalue weighted by Gasteiger charge is 2.76. The van der Waals surface area contributed by atoms with Crippen molar-refractivity contribution in [1.82, 2.24) is 0 Å². The van der Waals surface area contributed by atoms with Crippen molar-refractivity contribution in [3.63, 3.8) is 0 Å². The number of rotatable bonds is 5. The van der Waals surface area contributed by atoms with Gasteiger partial charge in [0.15, 0.2) is 12.2 Å². The number of ether oxygens (including phenoxy) is 5. The van der Waals surface area contributed by atoms with Crippen LogP contribution >= 0.6 is 0 Å².